The molecule has 1 unspecified atom stereocenters. The second-order valence-corrected chi connectivity index (χ2v) is 7.64. The van der Waals surface area contributed by atoms with Gasteiger partial charge < -0.3 is 10.1 Å². The van der Waals surface area contributed by atoms with Crippen LogP contribution in [0.4, 0.5) is 0 Å². The number of amides is 1. The van der Waals surface area contributed by atoms with E-state index in [4.69, 9.17) is 17.0 Å². The molecule has 1 saturated heterocycles. The molecule has 2 aliphatic rings. The predicted molar refractivity (Wildman–Crippen MR) is 103 cm³/mol. The van der Waals surface area contributed by atoms with Crippen LogP contribution in [0.5, 0.6) is 0 Å². The topological polar surface area (TPSA) is 41.6 Å². The molecule has 2 aromatic carbocycles. The van der Waals surface area contributed by atoms with Crippen LogP contribution in [0.25, 0.3) is 0 Å². The van der Waals surface area contributed by atoms with Gasteiger partial charge in [-0.3, -0.25) is 9.69 Å². The first-order valence-electron chi connectivity index (χ1n) is 8.09. The Balaban J connectivity index is 1.93. The Morgan fingerprint density at radius 2 is 2.00 bits per heavy atom. The second kappa shape index (κ2) is 6.20. The number of hydrogen-bond acceptors (Lipinski definition) is 3. The van der Waals surface area contributed by atoms with Crippen LogP contribution in [-0.4, -0.2) is 29.6 Å². The van der Waals surface area contributed by atoms with Crippen molar-refractivity contribution < 1.29 is 9.53 Å². The molecule has 4 nitrogen and oxygen atoms in total. The van der Waals surface area contributed by atoms with E-state index in [0.29, 0.717) is 11.7 Å². The number of carbonyl (C=O) groups is 1. The fourth-order valence-electron chi connectivity index (χ4n) is 3.52. The van der Waals surface area contributed by atoms with Gasteiger partial charge in [0.2, 0.25) is 0 Å². The first-order valence-corrected chi connectivity index (χ1v) is 9.29. The van der Waals surface area contributed by atoms with Gasteiger partial charge >= 0.3 is 0 Å². The van der Waals surface area contributed by atoms with Crippen LogP contribution in [0.2, 0.25) is 0 Å². The Hall–Kier alpha value is -1.76. The number of likely N-dealkylation sites (N-methyl/N-ethyl adjacent to an activating group) is 1. The van der Waals surface area contributed by atoms with E-state index in [0.717, 1.165) is 34.2 Å². The van der Waals surface area contributed by atoms with Crippen LogP contribution in [0.1, 0.15) is 22.3 Å². The molecule has 0 spiro atoms. The van der Waals surface area contributed by atoms with Crippen molar-refractivity contribution in [1.82, 2.24) is 10.2 Å². The van der Waals surface area contributed by atoms with Crippen LogP contribution >= 0.6 is 28.1 Å². The number of halogens is 1. The molecule has 25 heavy (non-hydrogen) atoms. The van der Waals surface area contributed by atoms with Gasteiger partial charge in [0.25, 0.3) is 5.91 Å². The fourth-order valence-corrected chi connectivity index (χ4v) is 4.16. The summed E-state index contributed by atoms with van der Waals surface area (Å²) in [5, 5.41) is 3.71. The van der Waals surface area contributed by atoms with Gasteiger partial charge in [0.15, 0.2) is 10.7 Å². The zero-order valence-corrected chi connectivity index (χ0v) is 16.1. The summed E-state index contributed by atoms with van der Waals surface area (Å²) in [7, 11) is 1.71. The molecule has 2 aliphatic heterocycles. The molecule has 2 heterocycles. The van der Waals surface area contributed by atoms with Crippen LogP contribution in [0.3, 0.4) is 0 Å². The number of nitrogens with one attached hydrogen (secondary N) is 1. The average Bonchev–Trinajstić information content (AvgIpc) is 2.86. The zero-order chi connectivity index (χ0) is 17.6. The highest BCUT2D eigenvalue weighted by atomic mass is 79.9. The summed E-state index contributed by atoms with van der Waals surface area (Å²) in [4.78, 5) is 14.8. The SMILES string of the molecule is CN1C(=O)C(c2cccc(Br)c2)(c2ccc3c(c2)COCC3)NC1=S. The zero-order valence-electron chi connectivity index (χ0n) is 13.7. The normalized spacial score (nSPS) is 22.7. The standard InChI is InChI=1S/C19H17BrN2O2S/c1-22-17(23)19(21-18(22)25,14-3-2-4-16(20)10-14)15-6-5-12-7-8-24-11-13(12)9-15/h2-6,9-10H,7-8,11H2,1H3,(H,21,25). The van der Waals surface area contributed by atoms with Crippen molar-refractivity contribution in [3.8, 4) is 0 Å². The monoisotopic (exact) mass is 416 g/mol. The molecule has 1 N–H and O–H groups in total. The molecule has 6 heteroatoms. The number of rotatable bonds is 2. The van der Waals surface area contributed by atoms with Gasteiger partial charge in [0.1, 0.15) is 0 Å². The second-order valence-electron chi connectivity index (χ2n) is 6.34. The van der Waals surface area contributed by atoms with E-state index in [2.05, 4.69) is 33.4 Å². The first kappa shape index (κ1) is 16.7. The lowest BCUT2D eigenvalue weighted by molar-refractivity contribution is -0.129. The average molecular weight is 417 g/mol. The summed E-state index contributed by atoms with van der Waals surface area (Å²) < 4.78 is 6.51. The maximum atomic E-state index is 13.2. The highest BCUT2D eigenvalue weighted by Gasteiger charge is 2.51. The molecule has 0 aromatic heterocycles. The number of thiocarbonyl (C=S) groups is 1. The van der Waals surface area contributed by atoms with E-state index in [-0.39, 0.29) is 5.91 Å². The lowest BCUT2D eigenvalue weighted by atomic mass is 9.81. The van der Waals surface area contributed by atoms with Crippen molar-refractivity contribution in [3.05, 3.63) is 69.2 Å². The number of hydrogen-bond donors (Lipinski definition) is 1. The quantitative estimate of drug-likeness (QED) is 0.763. The van der Waals surface area contributed by atoms with Crippen LogP contribution < -0.4 is 5.32 Å². The molecular weight excluding hydrogens is 400 g/mol. The minimum Gasteiger partial charge on any atom is -0.376 e. The van der Waals surface area contributed by atoms with Gasteiger partial charge in [-0.2, -0.15) is 0 Å². The molecule has 128 valence electrons. The smallest absolute Gasteiger partial charge is 0.263 e. The van der Waals surface area contributed by atoms with E-state index < -0.39 is 5.54 Å². The molecule has 4 rings (SSSR count). The third kappa shape index (κ3) is 2.60. The van der Waals surface area contributed by atoms with E-state index >= 15 is 0 Å². The van der Waals surface area contributed by atoms with E-state index in [1.807, 2.05) is 30.3 Å². The Kier molecular flexibility index (Phi) is 4.14. The van der Waals surface area contributed by atoms with Crippen molar-refractivity contribution in [2.45, 2.75) is 18.6 Å². The van der Waals surface area contributed by atoms with Crippen molar-refractivity contribution in [2.75, 3.05) is 13.7 Å². The van der Waals surface area contributed by atoms with Gasteiger partial charge in [-0.25, -0.2) is 0 Å². The Labute approximate surface area is 160 Å². The van der Waals surface area contributed by atoms with Gasteiger partial charge in [0, 0.05) is 11.5 Å². The van der Waals surface area contributed by atoms with Crippen molar-refractivity contribution in [1.29, 1.82) is 0 Å². The minimum absolute atomic E-state index is 0.0766. The molecular formula is C19H17BrN2O2S. The molecule has 0 aliphatic carbocycles. The fraction of sp³-hybridized carbons (Fsp3) is 0.263. The molecule has 0 saturated carbocycles. The van der Waals surface area contributed by atoms with Crippen LogP contribution in [0.15, 0.2) is 46.9 Å². The number of nitrogens with zero attached hydrogens (tertiary/aromatic N) is 1. The highest BCUT2D eigenvalue weighted by molar-refractivity contribution is 9.10. The molecule has 1 atom stereocenters. The third-order valence-electron chi connectivity index (χ3n) is 4.89. The van der Waals surface area contributed by atoms with Gasteiger partial charge in [-0.15, -0.1) is 0 Å². The predicted octanol–water partition coefficient (Wildman–Crippen LogP) is 3.11. The number of carbonyl (C=O) groups excluding carboxylic acids is 1. The summed E-state index contributed by atoms with van der Waals surface area (Å²) >= 11 is 8.89. The van der Waals surface area contributed by atoms with Crippen molar-refractivity contribution in [3.63, 3.8) is 0 Å². The summed E-state index contributed by atoms with van der Waals surface area (Å²) in [6, 6.07) is 14.0. The molecule has 2 aromatic rings. The summed E-state index contributed by atoms with van der Waals surface area (Å²) in [6.07, 6.45) is 0.902. The lowest BCUT2D eigenvalue weighted by Crippen LogP contribution is -2.45. The summed E-state index contributed by atoms with van der Waals surface area (Å²) in [5.74, 6) is -0.0766. The maximum absolute atomic E-state index is 13.2. The summed E-state index contributed by atoms with van der Waals surface area (Å²) in [5.41, 5.74) is 3.14. The first-order chi connectivity index (χ1) is 12.0. The van der Waals surface area contributed by atoms with Gasteiger partial charge in [-0.1, -0.05) is 40.2 Å². The molecule has 1 fully saturated rings. The van der Waals surface area contributed by atoms with Crippen LogP contribution in [-0.2, 0) is 28.1 Å². The van der Waals surface area contributed by atoms with E-state index in [1.165, 1.54) is 10.5 Å². The van der Waals surface area contributed by atoms with Crippen LogP contribution in [0, 0.1) is 0 Å². The largest absolute Gasteiger partial charge is 0.376 e. The number of fused-ring (bicyclic) bond motifs is 1. The minimum atomic E-state index is -1.01. The number of benzene rings is 2. The van der Waals surface area contributed by atoms with E-state index in [9.17, 15) is 4.79 Å². The maximum Gasteiger partial charge on any atom is 0.263 e. The van der Waals surface area contributed by atoms with Crippen molar-refractivity contribution in [2.24, 2.45) is 0 Å². The van der Waals surface area contributed by atoms with E-state index in [1.54, 1.807) is 7.05 Å². The molecule has 1 amide bonds. The lowest BCUT2D eigenvalue weighted by Gasteiger charge is -2.30. The Bertz CT molecular complexity index is 885. The summed E-state index contributed by atoms with van der Waals surface area (Å²) in [6.45, 7) is 1.32. The van der Waals surface area contributed by atoms with Crippen molar-refractivity contribution >= 4 is 39.2 Å². The Morgan fingerprint density at radius 1 is 1.20 bits per heavy atom. The Morgan fingerprint density at radius 3 is 2.72 bits per heavy atom. The molecule has 0 bridgehead atoms. The van der Waals surface area contributed by atoms with Gasteiger partial charge in [-0.05, 0) is 59.1 Å². The number of ether oxygens (including phenoxy) is 1. The highest BCUT2D eigenvalue weighted by Crippen LogP contribution is 2.38. The molecule has 0 radical (unpaired) electrons. The third-order valence-corrected chi connectivity index (χ3v) is 5.76. The van der Waals surface area contributed by atoms with Gasteiger partial charge in [0.05, 0.1) is 13.2 Å².